The molecular weight excluding hydrogens is 364 g/mol. The zero-order chi connectivity index (χ0) is 20.6. The summed E-state index contributed by atoms with van der Waals surface area (Å²) in [6, 6.07) is 15.0. The number of anilines is 1. The lowest BCUT2D eigenvalue weighted by Crippen LogP contribution is -2.36. The molecule has 1 fully saturated rings. The van der Waals surface area contributed by atoms with Gasteiger partial charge in [-0.2, -0.15) is 0 Å². The highest BCUT2D eigenvalue weighted by molar-refractivity contribution is 5.94. The zero-order valence-corrected chi connectivity index (χ0v) is 17.2. The number of nitrogens with one attached hydrogen (secondary N) is 2. The maximum Gasteiger partial charge on any atom is 0.262 e. The van der Waals surface area contributed by atoms with Gasteiger partial charge in [0.1, 0.15) is 5.75 Å². The van der Waals surface area contributed by atoms with E-state index in [9.17, 15) is 9.59 Å². The van der Waals surface area contributed by atoms with Gasteiger partial charge in [0.25, 0.3) is 11.8 Å². The van der Waals surface area contributed by atoms with Gasteiger partial charge < -0.3 is 15.4 Å². The highest BCUT2D eigenvalue weighted by atomic mass is 16.5. The fraction of sp³-hybridized carbons (Fsp3) is 0.417. The molecule has 154 valence electrons. The SMILES string of the molecule is CC(C)c1ccccc1NC(=O)COc1ccc(C(=O)NC2CCCCC2)cc1. The normalized spacial score (nSPS) is 14.4. The number of benzene rings is 2. The Bertz CT molecular complexity index is 824. The molecule has 3 rings (SSSR count). The molecule has 1 aliphatic carbocycles. The molecular formula is C24H30N2O3. The molecule has 2 aromatic rings. The van der Waals surface area contributed by atoms with E-state index in [1.54, 1.807) is 24.3 Å². The Hall–Kier alpha value is -2.82. The van der Waals surface area contributed by atoms with Crippen LogP contribution >= 0.6 is 0 Å². The minimum Gasteiger partial charge on any atom is -0.484 e. The van der Waals surface area contributed by atoms with E-state index in [1.807, 2.05) is 24.3 Å². The average Bonchev–Trinajstić information content (AvgIpc) is 2.73. The van der Waals surface area contributed by atoms with Crippen molar-refractivity contribution in [2.45, 2.75) is 57.9 Å². The summed E-state index contributed by atoms with van der Waals surface area (Å²) in [6.45, 7) is 4.10. The van der Waals surface area contributed by atoms with Gasteiger partial charge in [-0.15, -0.1) is 0 Å². The molecule has 0 atom stereocenters. The lowest BCUT2D eigenvalue weighted by molar-refractivity contribution is -0.118. The van der Waals surface area contributed by atoms with Crippen molar-refractivity contribution in [2.24, 2.45) is 0 Å². The van der Waals surface area contributed by atoms with E-state index in [2.05, 4.69) is 24.5 Å². The van der Waals surface area contributed by atoms with E-state index in [4.69, 9.17) is 4.74 Å². The Morgan fingerprint density at radius 2 is 1.69 bits per heavy atom. The van der Waals surface area contributed by atoms with Crippen LogP contribution in [0.4, 0.5) is 5.69 Å². The topological polar surface area (TPSA) is 67.4 Å². The van der Waals surface area contributed by atoms with Gasteiger partial charge in [-0.25, -0.2) is 0 Å². The van der Waals surface area contributed by atoms with E-state index >= 15 is 0 Å². The molecule has 2 amide bonds. The zero-order valence-electron chi connectivity index (χ0n) is 17.2. The van der Waals surface area contributed by atoms with Gasteiger partial charge in [-0.1, -0.05) is 51.3 Å². The van der Waals surface area contributed by atoms with Crippen LogP contribution < -0.4 is 15.4 Å². The summed E-state index contributed by atoms with van der Waals surface area (Å²) in [5, 5.41) is 6.01. The third-order valence-electron chi connectivity index (χ3n) is 5.28. The van der Waals surface area contributed by atoms with Gasteiger partial charge in [-0.3, -0.25) is 9.59 Å². The van der Waals surface area contributed by atoms with Crippen LogP contribution in [0.15, 0.2) is 48.5 Å². The van der Waals surface area contributed by atoms with E-state index in [1.165, 1.54) is 19.3 Å². The first-order valence-electron chi connectivity index (χ1n) is 10.5. The minimum absolute atomic E-state index is 0.0496. The molecule has 0 saturated heterocycles. The lowest BCUT2D eigenvalue weighted by atomic mass is 9.95. The molecule has 5 nitrogen and oxygen atoms in total. The first-order valence-corrected chi connectivity index (χ1v) is 10.5. The third kappa shape index (κ3) is 6.08. The molecule has 1 aliphatic rings. The molecule has 2 N–H and O–H groups in total. The largest absolute Gasteiger partial charge is 0.484 e. The van der Waals surface area contributed by atoms with E-state index in [0.29, 0.717) is 17.2 Å². The first kappa shape index (κ1) is 20.9. The third-order valence-corrected chi connectivity index (χ3v) is 5.28. The van der Waals surface area contributed by atoms with Crippen molar-refractivity contribution in [1.82, 2.24) is 5.32 Å². The van der Waals surface area contributed by atoms with Crippen molar-refractivity contribution in [3.05, 3.63) is 59.7 Å². The second kappa shape index (κ2) is 10.1. The van der Waals surface area contributed by atoms with Crippen LogP contribution in [0.3, 0.4) is 0 Å². The molecule has 0 radical (unpaired) electrons. The minimum atomic E-state index is -0.211. The number of carbonyl (C=O) groups is 2. The van der Waals surface area contributed by atoms with E-state index in [0.717, 1.165) is 24.1 Å². The molecule has 0 bridgehead atoms. The lowest BCUT2D eigenvalue weighted by Gasteiger charge is -2.22. The number of ether oxygens (including phenoxy) is 1. The van der Waals surface area contributed by atoms with E-state index in [-0.39, 0.29) is 24.5 Å². The monoisotopic (exact) mass is 394 g/mol. The van der Waals surface area contributed by atoms with Crippen LogP contribution in [-0.4, -0.2) is 24.5 Å². The highest BCUT2D eigenvalue weighted by Crippen LogP contribution is 2.23. The molecule has 0 spiro atoms. The summed E-state index contributed by atoms with van der Waals surface area (Å²) in [7, 11) is 0. The quantitative estimate of drug-likeness (QED) is 0.703. The predicted molar refractivity (Wildman–Crippen MR) is 115 cm³/mol. The second-order valence-corrected chi connectivity index (χ2v) is 7.91. The van der Waals surface area contributed by atoms with Gasteiger partial charge in [0.15, 0.2) is 6.61 Å². The fourth-order valence-electron chi connectivity index (χ4n) is 3.67. The van der Waals surface area contributed by atoms with Crippen LogP contribution in [0.25, 0.3) is 0 Å². The first-order chi connectivity index (χ1) is 14.0. The van der Waals surface area contributed by atoms with Crippen LogP contribution in [-0.2, 0) is 4.79 Å². The fourth-order valence-corrected chi connectivity index (χ4v) is 3.67. The predicted octanol–water partition coefficient (Wildman–Crippen LogP) is 4.89. The van der Waals surface area contributed by atoms with Gasteiger partial charge >= 0.3 is 0 Å². The molecule has 1 saturated carbocycles. The van der Waals surface area contributed by atoms with Gasteiger partial charge in [0.2, 0.25) is 0 Å². The maximum absolute atomic E-state index is 12.4. The second-order valence-electron chi connectivity index (χ2n) is 7.91. The molecule has 0 aliphatic heterocycles. The van der Waals surface area contributed by atoms with Crippen LogP contribution in [0.5, 0.6) is 5.75 Å². The van der Waals surface area contributed by atoms with Gasteiger partial charge in [0, 0.05) is 17.3 Å². The summed E-state index contributed by atoms with van der Waals surface area (Å²) in [5.74, 6) is 0.620. The molecule has 29 heavy (non-hydrogen) atoms. The number of amides is 2. The Kier molecular flexibility index (Phi) is 7.28. The number of hydrogen-bond acceptors (Lipinski definition) is 3. The Morgan fingerprint density at radius 1 is 1.00 bits per heavy atom. The van der Waals surface area contributed by atoms with Crippen LogP contribution in [0.1, 0.15) is 67.8 Å². The number of carbonyl (C=O) groups excluding carboxylic acids is 2. The Labute approximate surface area is 172 Å². The van der Waals surface area contributed by atoms with Crippen LogP contribution in [0, 0.1) is 0 Å². The average molecular weight is 395 g/mol. The van der Waals surface area contributed by atoms with Gasteiger partial charge in [-0.05, 0) is 54.7 Å². The number of rotatable bonds is 7. The van der Waals surface area contributed by atoms with Crippen molar-refractivity contribution in [3.8, 4) is 5.75 Å². The summed E-state index contributed by atoms with van der Waals surface area (Å²) in [4.78, 5) is 24.6. The smallest absolute Gasteiger partial charge is 0.262 e. The van der Waals surface area contributed by atoms with Gasteiger partial charge in [0.05, 0.1) is 0 Å². The number of hydrogen-bond donors (Lipinski definition) is 2. The van der Waals surface area contributed by atoms with Crippen LogP contribution in [0.2, 0.25) is 0 Å². The Balaban J connectivity index is 1.49. The maximum atomic E-state index is 12.4. The van der Waals surface area contributed by atoms with Crippen molar-refractivity contribution >= 4 is 17.5 Å². The summed E-state index contributed by atoms with van der Waals surface area (Å²) in [6.07, 6.45) is 5.74. The highest BCUT2D eigenvalue weighted by Gasteiger charge is 2.16. The van der Waals surface area contributed by atoms with E-state index < -0.39 is 0 Å². The molecule has 0 heterocycles. The standard InChI is InChI=1S/C24H30N2O3/c1-17(2)21-10-6-7-11-22(21)26-23(27)16-29-20-14-12-18(13-15-20)24(28)25-19-8-4-3-5-9-19/h6-7,10-15,17,19H,3-5,8-9,16H2,1-2H3,(H,25,28)(H,26,27). The molecule has 5 heteroatoms. The van der Waals surface area contributed by atoms with Crippen molar-refractivity contribution in [3.63, 3.8) is 0 Å². The summed E-state index contributed by atoms with van der Waals surface area (Å²) >= 11 is 0. The van der Waals surface area contributed by atoms with Crippen molar-refractivity contribution in [1.29, 1.82) is 0 Å². The molecule has 0 unspecified atom stereocenters. The molecule has 0 aromatic heterocycles. The number of para-hydroxylation sites is 1. The molecule has 2 aromatic carbocycles. The van der Waals surface area contributed by atoms with Crippen molar-refractivity contribution in [2.75, 3.05) is 11.9 Å². The van der Waals surface area contributed by atoms with Crippen molar-refractivity contribution < 1.29 is 14.3 Å². The summed E-state index contributed by atoms with van der Waals surface area (Å²) in [5.41, 5.74) is 2.51. The summed E-state index contributed by atoms with van der Waals surface area (Å²) < 4.78 is 5.58. The Morgan fingerprint density at radius 3 is 2.38 bits per heavy atom.